The van der Waals surface area contributed by atoms with Gasteiger partial charge < -0.3 is 15.0 Å². The van der Waals surface area contributed by atoms with Crippen LogP contribution >= 0.6 is 0 Å². The summed E-state index contributed by atoms with van der Waals surface area (Å²) in [5, 5.41) is 3.02. The molecule has 1 atom stereocenters. The number of piperazine rings is 1. The maximum absolute atomic E-state index is 11.9. The van der Waals surface area contributed by atoms with E-state index in [1.165, 1.54) is 0 Å². The van der Waals surface area contributed by atoms with E-state index in [2.05, 4.69) is 25.1 Å². The number of hydrogen-bond acceptors (Lipinski definition) is 6. The summed E-state index contributed by atoms with van der Waals surface area (Å²) in [7, 11) is 0. The molecule has 1 aromatic heterocycles. The molecule has 22 heavy (non-hydrogen) atoms. The summed E-state index contributed by atoms with van der Waals surface area (Å²) in [6.07, 6.45) is 4.40. The molecule has 2 fully saturated rings. The fraction of sp³-hybridized carbons (Fsp3) is 0.667. The van der Waals surface area contributed by atoms with E-state index in [9.17, 15) is 4.79 Å². The molecule has 0 aromatic carbocycles. The van der Waals surface area contributed by atoms with E-state index in [4.69, 9.17) is 4.74 Å². The van der Waals surface area contributed by atoms with E-state index in [1.54, 1.807) is 12.4 Å². The second-order valence-corrected chi connectivity index (χ2v) is 5.73. The maximum atomic E-state index is 11.9. The van der Waals surface area contributed by atoms with Gasteiger partial charge in [-0.25, -0.2) is 9.97 Å². The molecule has 2 saturated heterocycles. The Morgan fingerprint density at radius 3 is 2.73 bits per heavy atom. The van der Waals surface area contributed by atoms with Gasteiger partial charge in [0.15, 0.2) is 0 Å². The van der Waals surface area contributed by atoms with Crippen LogP contribution in [0.2, 0.25) is 0 Å². The van der Waals surface area contributed by atoms with E-state index in [0.29, 0.717) is 19.8 Å². The number of rotatable bonds is 5. The molecule has 0 spiro atoms. The van der Waals surface area contributed by atoms with Crippen LogP contribution in [0.5, 0.6) is 0 Å². The Kier molecular flexibility index (Phi) is 5.18. The van der Waals surface area contributed by atoms with Crippen LogP contribution in [-0.4, -0.2) is 73.3 Å². The molecule has 3 heterocycles. The average molecular weight is 305 g/mol. The molecule has 7 heteroatoms. The van der Waals surface area contributed by atoms with E-state index >= 15 is 0 Å². The quantitative estimate of drug-likeness (QED) is 0.809. The molecule has 2 aliphatic rings. The zero-order valence-corrected chi connectivity index (χ0v) is 12.8. The molecular weight excluding hydrogens is 282 g/mol. The van der Waals surface area contributed by atoms with Gasteiger partial charge in [0.25, 0.3) is 0 Å². The highest BCUT2D eigenvalue weighted by Crippen LogP contribution is 2.12. The highest BCUT2D eigenvalue weighted by molar-refractivity contribution is 5.78. The lowest BCUT2D eigenvalue weighted by atomic mass is 10.1. The molecule has 120 valence electrons. The Morgan fingerprint density at radius 1 is 1.27 bits per heavy atom. The zero-order valence-electron chi connectivity index (χ0n) is 12.8. The van der Waals surface area contributed by atoms with Gasteiger partial charge in [0.05, 0.1) is 12.5 Å². The van der Waals surface area contributed by atoms with Crippen molar-refractivity contribution in [2.45, 2.75) is 6.42 Å². The number of nitrogens with zero attached hydrogens (tertiary/aromatic N) is 4. The Bertz CT molecular complexity index is 470. The number of amides is 1. The largest absolute Gasteiger partial charge is 0.381 e. The number of nitrogens with one attached hydrogen (secondary N) is 1. The number of carbonyl (C=O) groups is 1. The second kappa shape index (κ2) is 7.51. The minimum atomic E-state index is 0.0482. The van der Waals surface area contributed by atoms with E-state index < -0.39 is 0 Å². The fourth-order valence-corrected chi connectivity index (χ4v) is 2.85. The van der Waals surface area contributed by atoms with Gasteiger partial charge in [-0.3, -0.25) is 9.69 Å². The Labute approximate surface area is 130 Å². The topological polar surface area (TPSA) is 70.6 Å². The molecule has 3 rings (SSSR count). The second-order valence-electron chi connectivity index (χ2n) is 5.73. The maximum Gasteiger partial charge on any atom is 0.225 e. The van der Waals surface area contributed by atoms with Crippen LogP contribution in [0.4, 0.5) is 5.95 Å². The van der Waals surface area contributed by atoms with E-state index in [1.807, 2.05) is 6.07 Å². The Balaban J connectivity index is 1.35. The molecule has 0 radical (unpaired) electrons. The molecule has 0 bridgehead atoms. The summed E-state index contributed by atoms with van der Waals surface area (Å²) in [6, 6.07) is 1.83. The lowest BCUT2D eigenvalue weighted by Crippen LogP contribution is -2.49. The number of carbonyl (C=O) groups excluding carboxylic acids is 1. The Hall–Kier alpha value is -1.73. The summed E-state index contributed by atoms with van der Waals surface area (Å²) in [5.74, 6) is 0.984. The molecule has 1 amide bonds. The van der Waals surface area contributed by atoms with Crippen molar-refractivity contribution in [3.63, 3.8) is 0 Å². The van der Waals surface area contributed by atoms with Gasteiger partial charge in [-0.2, -0.15) is 0 Å². The number of ether oxygens (including phenoxy) is 1. The highest BCUT2D eigenvalue weighted by atomic mass is 16.5. The summed E-state index contributed by atoms with van der Waals surface area (Å²) in [5.41, 5.74) is 0. The third kappa shape index (κ3) is 3.92. The summed E-state index contributed by atoms with van der Waals surface area (Å²) < 4.78 is 5.24. The van der Waals surface area contributed by atoms with Crippen LogP contribution in [0, 0.1) is 5.92 Å². The molecular formula is C15H23N5O2. The zero-order chi connectivity index (χ0) is 15.2. The summed E-state index contributed by atoms with van der Waals surface area (Å²) >= 11 is 0. The minimum absolute atomic E-state index is 0.0482. The van der Waals surface area contributed by atoms with Crippen LogP contribution < -0.4 is 10.2 Å². The summed E-state index contributed by atoms with van der Waals surface area (Å²) in [4.78, 5) is 25.0. The lowest BCUT2D eigenvalue weighted by molar-refractivity contribution is -0.125. The molecule has 2 aliphatic heterocycles. The van der Waals surface area contributed by atoms with Crippen molar-refractivity contribution in [3.05, 3.63) is 18.5 Å². The first-order valence-electron chi connectivity index (χ1n) is 7.93. The van der Waals surface area contributed by atoms with Gasteiger partial charge in [-0.05, 0) is 12.5 Å². The van der Waals surface area contributed by atoms with Crippen LogP contribution in [-0.2, 0) is 9.53 Å². The predicted octanol–water partition coefficient (Wildman–Crippen LogP) is -0.249. The van der Waals surface area contributed by atoms with Crippen molar-refractivity contribution in [1.29, 1.82) is 0 Å². The van der Waals surface area contributed by atoms with Crippen molar-refractivity contribution in [3.8, 4) is 0 Å². The average Bonchev–Trinajstić information content (AvgIpc) is 3.11. The van der Waals surface area contributed by atoms with Crippen molar-refractivity contribution in [1.82, 2.24) is 20.2 Å². The predicted molar refractivity (Wildman–Crippen MR) is 82.6 cm³/mol. The molecule has 1 unspecified atom stereocenters. The molecule has 7 nitrogen and oxygen atoms in total. The van der Waals surface area contributed by atoms with Gasteiger partial charge >= 0.3 is 0 Å². The van der Waals surface area contributed by atoms with Gasteiger partial charge in [0.2, 0.25) is 11.9 Å². The molecule has 0 aliphatic carbocycles. The number of anilines is 1. The highest BCUT2D eigenvalue weighted by Gasteiger charge is 2.23. The monoisotopic (exact) mass is 305 g/mol. The van der Waals surface area contributed by atoms with E-state index in [-0.39, 0.29) is 11.8 Å². The molecule has 1 N–H and O–H groups in total. The van der Waals surface area contributed by atoms with Crippen molar-refractivity contribution in [2.75, 3.05) is 57.4 Å². The fourth-order valence-electron chi connectivity index (χ4n) is 2.85. The smallest absolute Gasteiger partial charge is 0.225 e. The van der Waals surface area contributed by atoms with Crippen LogP contribution in [0.3, 0.4) is 0 Å². The summed E-state index contributed by atoms with van der Waals surface area (Å²) in [6.45, 7) is 6.67. The van der Waals surface area contributed by atoms with Gasteiger partial charge in [-0.15, -0.1) is 0 Å². The van der Waals surface area contributed by atoms with E-state index in [0.717, 1.165) is 45.1 Å². The lowest BCUT2D eigenvalue weighted by Gasteiger charge is -2.34. The third-order valence-electron chi connectivity index (χ3n) is 4.24. The number of aromatic nitrogens is 2. The van der Waals surface area contributed by atoms with Crippen molar-refractivity contribution in [2.24, 2.45) is 5.92 Å². The standard InChI is InChI=1S/C15H23N5O2/c21-14(13-2-11-22-12-13)16-5-6-19-7-9-20(10-8-19)15-17-3-1-4-18-15/h1,3-4,13H,2,5-12H2,(H,16,21). The first-order chi connectivity index (χ1) is 10.8. The minimum Gasteiger partial charge on any atom is -0.381 e. The third-order valence-corrected chi connectivity index (χ3v) is 4.24. The van der Waals surface area contributed by atoms with Gasteiger partial charge in [0.1, 0.15) is 0 Å². The van der Waals surface area contributed by atoms with Crippen molar-refractivity contribution >= 4 is 11.9 Å². The van der Waals surface area contributed by atoms with Crippen LogP contribution in [0.1, 0.15) is 6.42 Å². The van der Waals surface area contributed by atoms with Gasteiger partial charge in [0, 0.05) is 58.3 Å². The Morgan fingerprint density at radius 2 is 2.05 bits per heavy atom. The molecule has 1 aromatic rings. The number of hydrogen-bond donors (Lipinski definition) is 1. The van der Waals surface area contributed by atoms with Gasteiger partial charge in [-0.1, -0.05) is 0 Å². The molecule has 0 saturated carbocycles. The van der Waals surface area contributed by atoms with Crippen LogP contribution in [0.15, 0.2) is 18.5 Å². The SMILES string of the molecule is O=C(NCCN1CCN(c2ncccn2)CC1)C1CCOC1. The normalized spacial score (nSPS) is 22.7. The first-order valence-corrected chi connectivity index (χ1v) is 7.93. The van der Waals surface area contributed by atoms with Crippen molar-refractivity contribution < 1.29 is 9.53 Å². The van der Waals surface area contributed by atoms with Crippen LogP contribution in [0.25, 0.3) is 0 Å². The first kappa shape index (κ1) is 15.2.